The third-order valence-electron chi connectivity index (χ3n) is 4.56. The van der Waals surface area contributed by atoms with Crippen LogP contribution in [-0.4, -0.2) is 15.0 Å². The Morgan fingerprint density at radius 2 is 1.57 bits per heavy atom. The van der Waals surface area contributed by atoms with E-state index in [-0.39, 0.29) is 0 Å². The van der Waals surface area contributed by atoms with Gasteiger partial charge in [0.05, 0.1) is 15.6 Å². The topological polar surface area (TPSA) is 53.6 Å². The molecule has 0 amide bonds. The number of aromatic amines is 1. The number of nitrogens with zero attached hydrogens (tertiary/aromatic N) is 2. The van der Waals surface area contributed by atoms with Crippen molar-refractivity contribution in [1.29, 1.82) is 0 Å². The lowest BCUT2D eigenvalue weighted by Gasteiger charge is -2.09. The molecule has 0 saturated heterocycles. The van der Waals surface area contributed by atoms with Gasteiger partial charge in [0.15, 0.2) is 5.82 Å². The highest BCUT2D eigenvalue weighted by atomic mass is 35.5. The number of rotatable bonds is 3. The molecule has 3 aromatic carbocycles. The molecule has 0 unspecified atom stereocenters. The molecule has 0 aliphatic rings. The van der Waals surface area contributed by atoms with E-state index in [2.05, 4.69) is 10.3 Å². The van der Waals surface area contributed by atoms with Gasteiger partial charge in [0, 0.05) is 16.6 Å². The van der Waals surface area contributed by atoms with Crippen LogP contribution in [0, 0.1) is 0 Å². The fourth-order valence-electron chi connectivity index (χ4n) is 3.22. The maximum Gasteiger partial charge on any atom is 0.157 e. The lowest BCUT2D eigenvalue weighted by atomic mass is 10.2. The van der Waals surface area contributed by atoms with Crippen molar-refractivity contribution in [3.05, 3.63) is 82.8 Å². The Bertz CT molecular complexity index is 1310. The quantitative estimate of drug-likeness (QED) is 0.346. The van der Waals surface area contributed by atoms with E-state index in [1.165, 1.54) is 0 Å². The van der Waals surface area contributed by atoms with Crippen LogP contribution in [0.4, 0.5) is 11.5 Å². The normalized spacial score (nSPS) is 11.2. The van der Waals surface area contributed by atoms with Crippen LogP contribution in [0.25, 0.3) is 33.3 Å². The predicted octanol–water partition coefficient (Wildman–Crippen LogP) is 6.83. The smallest absolute Gasteiger partial charge is 0.157 e. The first kappa shape index (κ1) is 17.0. The lowest BCUT2D eigenvalue weighted by Crippen LogP contribution is -1.96. The molecule has 5 aromatic rings. The molecule has 0 fully saturated rings. The molecule has 5 rings (SSSR count). The predicted molar refractivity (Wildman–Crippen MR) is 117 cm³/mol. The zero-order valence-corrected chi connectivity index (χ0v) is 16.1. The number of para-hydroxylation sites is 1. The van der Waals surface area contributed by atoms with Crippen LogP contribution in [0.1, 0.15) is 0 Å². The summed E-state index contributed by atoms with van der Waals surface area (Å²) in [4.78, 5) is 13.1. The monoisotopic (exact) mass is 404 g/mol. The first-order chi connectivity index (χ1) is 13.7. The fourth-order valence-corrected chi connectivity index (χ4v) is 3.52. The van der Waals surface area contributed by atoms with Gasteiger partial charge < -0.3 is 10.3 Å². The summed E-state index contributed by atoms with van der Waals surface area (Å²) in [5.41, 5.74) is 4.39. The van der Waals surface area contributed by atoms with Gasteiger partial charge in [-0.1, -0.05) is 71.7 Å². The van der Waals surface area contributed by atoms with Crippen LogP contribution < -0.4 is 5.32 Å². The Morgan fingerprint density at radius 1 is 0.786 bits per heavy atom. The van der Waals surface area contributed by atoms with Gasteiger partial charge in [-0.3, -0.25) is 0 Å². The van der Waals surface area contributed by atoms with Crippen LogP contribution in [0.15, 0.2) is 72.8 Å². The van der Waals surface area contributed by atoms with Crippen LogP contribution in [0.3, 0.4) is 0 Å². The number of anilines is 2. The van der Waals surface area contributed by atoms with Crippen LogP contribution in [0.5, 0.6) is 0 Å². The Balaban J connectivity index is 1.72. The van der Waals surface area contributed by atoms with Gasteiger partial charge in [-0.2, -0.15) is 0 Å². The number of nitrogens with one attached hydrogen (secondary N) is 2. The number of imidazole rings is 1. The molecule has 0 saturated carbocycles. The number of hydrogen-bond donors (Lipinski definition) is 2. The second-order valence-corrected chi connectivity index (χ2v) is 7.22. The number of benzene rings is 3. The van der Waals surface area contributed by atoms with Gasteiger partial charge in [-0.25, -0.2) is 9.97 Å². The summed E-state index contributed by atoms with van der Waals surface area (Å²) < 4.78 is 0. The summed E-state index contributed by atoms with van der Waals surface area (Å²) in [6.07, 6.45) is 0. The third-order valence-corrected chi connectivity index (χ3v) is 5.30. The van der Waals surface area contributed by atoms with Gasteiger partial charge >= 0.3 is 0 Å². The molecular weight excluding hydrogens is 391 g/mol. The Labute approximate surface area is 171 Å². The first-order valence-electron chi connectivity index (χ1n) is 8.75. The number of fused-ring (bicyclic) bond motifs is 3. The maximum absolute atomic E-state index is 6.16. The first-order valence-corrected chi connectivity index (χ1v) is 9.50. The highest BCUT2D eigenvalue weighted by Gasteiger charge is 2.14. The van der Waals surface area contributed by atoms with E-state index < -0.39 is 0 Å². The standard InChI is InChI=1S/C22H14Cl2N4/c23-16-11-10-14(12-17(16)24)25-22-20-19(15-8-4-5-9-18(15)26-22)27-21(28-20)13-6-2-1-3-7-13/h1-12H,(H,25,26)(H,27,28). The Kier molecular flexibility index (Phi) is 4.15. The van der Waals surface area contributed by atoms with Crippen molar-refractivity contribution in [3.8, 4) is 11.4 Å². The molecule has 0 radical (unpaired) electrons. The van der Waals surface area contributed by atoms with E-state index in [0.29, 0.717) is 15.9 Å². The summed E-state index contributed by atoms with van der Waals surface area (Å²) in [5.74, 6) is 1.48. The van der Waals surface area contributed by atoms with E-state index in [4.69, 9.17) is 33.2 Å². The van der Waals surface area contributed by atoms with E-state index in [0.717, 1.165) is 39.0 Å². The second kappa shape index (κ2) is 6.82. The molecule has 28 heavy (non-hydrogen) atoms. The zero-order chi connectivity index (χ0) is 19.1. The highest BCUT2D eigenvalue weighted by molar-refractivity contribution is 6.42. The molecule has 6 heteroatoms. The maximum atomic E-state index is 6.16. The summed E-state index contributed by atoms with van der Waals surface area (Å²) in [6.45, 7) is 0. The van der Waals surface area contributed by atoms with Gasteiger partial charge in [0.1, 0.15) is 16.9 Å². The molecule has 0 spiro atoms. The van der Waals surface area contributed by atoms with Crippen molar-refractivity contribution in [1.82, 2.24) is 15.0 Å². The zero-order valence-electron chi connectivity index (χ0n) is 14.6. The fraction of sp³-hybridized carbons (Fsp3) is 0. The molecule has 0 atom stereocenters. The van der Waals surface area contributed by atoms with Gasteiger partial charge in [0.25, 0.3) is 0 Å². The molecule has 0 bridgehead atoms. The highest BCUT2D eigenvalue weighted by Crippen LogP contribution is 2.33. The minimum Gasteiger partial charge on any atom is -0.338 e. The van der Waals surface area contributed by atoms with E-state index in [1.807, 2.05) is 60.7 Å². The van der Waals surface area contributed by atoms with Crippen molar-refractivity contribution in [2.24, 2.45) is 0 Å². The van der Waals surface area contributed by atoms with Crippen molar-refractivity contribution >= 4 is 56.6 Å². The summed E-state index contributed by atoms with van der Waals surface area (Å²) in [5, 5.41) is 5.34. The van der Waals surface area contributed by atoms with Crippen molar-refractivity contribution in [2.45, 2.75) is 0 Å². The average Bonchev–Trinajstić information content (AvgIpc) is 3.18. The van der Waals surface area contributed by atoms with E-state index in [9.17, 15) is 0 Å². The minimum absolute atomic E-state index is 0.485. The van der Waals surface area contributed by atoms with E-state index in [1.54, 1.807) is 12.1 Å². The van der Waals surface area contributed by atoms with Gasteiger partial charge in [0.2, 0.25) is 0 Å². The number of aromatic nitrogens is 3. The molecular formula is C22H14Cl2N4. The molecule has 136 valence electrons. The third kappa shape index (κ3) is 2.97. The SMILES string of the molecule is Clc1ccc(Nc2nc3ccccc3c3nc(-c4ccccc4)[nH]c23)cc1Cl. The van der Waals surface area contributed by atoms with Gasteiger partial charge in [-0.05, 0) is 24.3 Å². The van der Waals surface area contributed by atoms with Crippen molar-refractivity contribution < 1.29 is 0 Å². The van der Waals surface area contributed by atoms with Crippen molar-refractivity contribution in [2.75, 3.05) is 5.32 Å². The number of hydrogen-bond acceptors (Lipinski definition) is 3. The van der Waals surface area contributed by atoms with E-state index >= 15 is 0 Å². The average molecular weight is 405 g/mol. The van der Waals surface area contributed by atoms with Crippen LogP contribution in [0.2, 0.25) is 10.0 Å². The molecule has 0 aliphatic carbocycles. The Hall–Kier alpha value is -3.08. The summed E-state index contributed by atoms with van der Waals surface area (Å²) >= 11 is 12.2. The molecule has 2 aromatic heterocycles. The van der Waals surface area contributed by atoms with Crippen LogP contribution >= 0.6 is 23.2 Å². The molecule has 0 aliphatic heterocycles. The second-order valence-electron chi connectivity index (χ2n) is 6.41. The number of halogens is 2. The molecule has 4 nitrogen and oxygen atoms in total. The van der Waals surface area contributed by atoms with Crippen LogP contribution in [-0.2, 0) is 0 Å². The number of pyridine rings is 1. The summed E-state index contributed by atoms with van der Waals surface area (Å²) in [7, 11) is 0. The summed E-state index contributed by atoms with van der Waals surface area (Å²) in [6, 6.07) is 23.4. The Morgan fingerprint density at radius 3 is 2.39 bits per heavy atom. The molecule has 2 heterocycles. The molecule has 2 N–H and O–H groups in total. The number of H-pyrrole nitrogens is 1. The lowest BCUT2D eigenvalue weighted by molar-refractivity contribution is 1.33. The van der Waals surface area contributed by atoms with Crippen molar-refractivity contribution in [3.63, 3.8) is 0 Å². The largest absolute Gasteiger partial charge is 0.338 e. The minimum atomic E-state index is 0.485. The van der Waals surface area contributed by atoms with Gasteiger partial charge in [-0.15, -0.1) is 0 Å².